The number of hydrogen-bond acceptors (Lipinski definition) is 5. The number of nitrogens with two attached hydrogens (primary N) is 1. The Morgan fingerprint density at radius 1 is 1.59 bits per heavy atom. The fourth-order valence-electron chi connectivity index (χ4n) is 1.31. The topological polar surface area (TPSA) is 77.2 Å². The largest absolute Gasteiger partial charge is 0.497 e. The Bertz CT molecular complexity index is 551. The third kappa shape index (κ3) is 2.54. The highest BCUT2D eigenvalue weighted by Crippen LogP contribution is 2.28. The van der Waals surface area contributed by atoms with E-state index in [1.807, 2.05) is 18.2 Å². The summed E-state index contributed by atoms with van der Waals surface area (Å²) in [7, 11) is 1.60. The number of benzene rings is 1. The van der Waals surface area contributed by atoms with E-state index in [-0.39, 0.29) is 5.91 Å². The van der Waals surface area contributed by atoms with Gasteiger partial charge < -0.3 is 15.8 Å². The number of anilines is 1. The van der Waals surface area contributed by atoms with E-state index in [4.69, 9.17) is 10.5 Å². The van der Waals surface area contributed by atoms with Gasteiger partial charge in [-0.25, -0.2) is 4.98 Å². The second-order valence-corrected chi connectivity index (χ2v) is 4.66. The number of rotatable bonds is 3. The first-order chi connectivity index (χ1) is 8.10. The van der Waals surface area contributed by atoms with E-state index in [0.717, 1.165) is 16.0 Å². The third-order valence-electron chi connectivity index (χ3n) is 2.24. The van der Waals surface area contributed by atoms with E-state index in [1.54, 1.807) is 14.0 Å². The Morgan fingerprint density at radius 2 is 2.35 bits per heavy atom. The highest BCUT2D eigenvalue weighted by atomic mass is 32.1. The molecule has 5 nitrogen and oxygen atoms in total. The van der Waals surface area contributed by atoms with E-state index in [1.165, 1.54) is 11.3 Å². The zero-order chi connectivity index (χ0) is 12.4. The summed E-state index contributed by atoms with van der Waals surface area (Å²) in [5, 5.41) is 3.22. The molecule has 3 N–H and O–H groups in total. The molecule has 1 atom stereocenters. The van der Waals surface area contributed by atoms with Crippen LogP contribution in [0.2, 0.25) is 0 Å². The Balaban J connectivity index is 2.28. The molecule has 1 heterocycles. The van der Waals surface area contributed by atoms with Crippen molar-refractivity contribution in [1.29, 1.82) is 0 Å². The third-order valence-corrected chi connectivity index (χ3v) is 3.19. The van der Waals surface area contributed by atoms with Crippen LogP contribution in [-0.2, 0) is 4.79 Å². The summed E-state index contributed by atoms with van der Waals surface area (Å²) in [6.45, 7) is 1.63. The van der Waals surface area contributed by atoms with Crippen LogP contribution in [0.25, 0.3) is 10.2 Å². The first-order valence-corrected chi connectivity index (χ1v) is 5.93. The van der Waals surface area contributed by atoms with Gasteiger partial charge in [0.15, 0.2) is 5.13 Å². The van der Waals surface area contributed by atoms with E-state index in [0.29, 0.717) is 5.13 Å². The minimum Gasteiger partial charge on any atom is -0.497 e. The van der Waals surface area contributed by atoms with Crippen molar-refractivity contribution in [3.05, 3.63) is 18.2 Å². The van der Waals surface area contributed by atoms with Crippen LogP contribution < -0.4 is 15.8 Å². The number of amides is 1. The smallest absolute Gasteiger partial charge is 0.242 e. The quantitative estimate of drug-likeness (QED) is 0.868. The molecule has 6 heteroatoms. The maximum absolute atomic E-state index is 11.4. The molecule has 0 fully saturated rings. The van der Waals surface area contributed by atoms with Crippen molar-refractivity contribution >= 4 is 32.6 Å². The fraction of sp³-hybridized carbons (Fsp3) is 0.273. The number of methoxy groups -OCH3 is 1. The van der Waals surface area contributed by atoms with Crippen molar-refractivity contribution in [3.8, 4) is 5.75 Å². The molecule has 0 aliphatic rings. The highest BCUT2D eigenvalue weighted by molar-refractivity contribution is 7.22. The summed E-state index contributed by atoms with van der Waals surface area (Å²) in [4.78, 5) is 15.7. The monoisotopic (exact) mass is 251 g/mol. The molecule has 0 aliphatic heterocycles. The zero-order valence-electron chi connectivity index (χ0n) is 9.56. The molecule has 1 aromatic heterocycles. The number of hydrogen-bond donors (Lipinski definition) is 2. The van der Waals surface area contributed by atoms with Gasteiger partial charge >= 0.3 is 0 Å². The second kappa shape index (κ2) is 4.68. The maximum Gasteiger partial charge on any atom is 0.242 e. The summed E-state index contributed by atoms with van der Waals surface area (Å²) < 4.78 is 6.10. The lowest BCUT2D eigenvalue weighted by Gasteiger charge is -2.02. The first kappa shape index (κ1) is 11.8. The number of thiazole rings is 1. The minimum absolute atomic E-state index is 0.240. The van der Waals surface area contributed by atoms with Gasteiger partial charge in [0.05, 0.1) is 23.4 Å². The summed E-state index contributed by atoms with van der Waals surface area (Å²) in [6.07, 6.45) is 0. The lowest BCUT2D eigenvalue weighted by molar-refractivity contribution is -0.117. The van der Waals surface area contributed by atoms with Gasteiger partial charge in [-0.1, -0.05) is 11.3 Å². The van der Waals surface area contributed by atoms with Crippen molar-refractivity contribution in [2.24, 2.45) is 5.73 Å². The molecule has 0 radical (unpaired) electrons. The van der Waals surface area contributed by atoms with Crippen LogP contribution in [0.4, 0.5) is 5.13 Å². The normalized spacial score (nSPS) is 12.4. The molecule has 0 spiro atoms. The Kier molecular flexibility index (Phi) is 3.26. The van der Waals surface area contributed by atoms with Crippen LogP contribution in [0.3, 0.4) is 0 Å². The van der Waals surface area contributed by atoms with Crippen LogP contribution in [0, 0.1) is 0 Å². The summed E-state index contributed by atoms with van der Waals surface area (Å²) in [5.74, 6) is 0.504. The van der Waals surface area contributed by atoms with E-state index < -0.39 is 6.04 Å². The van der Waals surface area contributed by atoms with Gasteiger partial charge in [-0.05, 0) is 19.1 Å². The van der Waals surface area contributed by atoms with Crippen LogP contribution in [-0.4, -0.2) is 24.0 Å². The predicted molar refractivity (Wildman–Crippen MR) is 68.5 cm³/mol. The van der Waals surface area contributed by atoms with Gasteiger partial charge in [-0.15, -0.1) is 0 Å². The van der Waals surface area contributed by atoms with E-state index in [9.17, 15) is 4.79 Å². The highest BCUT2D eigenvalue weighted by Gasteiger charge is 2.11. The number of fused-ring (bicyclic) bond motifs is 1. The van der Waals surface area contributed by atoms with Gasteiger partial charge in [0.2, 0.25) is 5.91 Å². The van der Waals surface area contributed by atoms with Gasteiger partial charge in [0.25, 0.3) is 0 Å². The Labute approximate surface area is 103 Å². The molecule has 90 valence electrons. The van der Waals surface area contributed by atoms with Crippen molar-refractivity contribution in [2.75, 3.05) is 12.4 Å². The molecule has 17 heavy (non-hydrogen) atoms. The van der Waals surface area contributed by atoms with Crippen LogP contribution in [0.5, 0.6) is 5.75 Å². The number of nitrogens with one attached hydrogen (secondary N) is 1. The standard InChI is InChI=1S/C11H13N3O2S/c1-6(12)10(15)14-11-13-8-5-7(16-2)3-4-9(8)17-11/h3-6H,12H2,1-2H3,(H,13,14,15). The van der Waals surface area contributed by atoms with E-state index in [2.05, 4.69) is 10.3 Å². The minimum atomic E-state index is -0.545. The SMILES string of the molecule is COc1ccc2sc(NC(=O)C(C)N)nc2c1. The van der Waals surface area contributed by atoms with Gasteiger partial charge in [-0.3, -0.25) is 4.79 Å². The molecule has 0 bridgehead atoms. The fourth-order valence-corrected chi connectivity index (χ4v) is 2.16. The summed E-state index contributed by atoms with van der Waals surface area (Å²) in [5.41, 5.74) is 6.27. The Hall–Kier alpha value is -1.66. The van der Waals surface area contributed by atoms with Crippen molar-refractivity contribution in [2.45, 2.75) is 13.0 Å². The van der Waals surface area contributed by atoms with Gasteiger partial charge in [0, 0.05) is 6.07 Å². The number of nitrogens with zero attached hydrogens (tertiary/aromatic N) is 1. The van der Waals surface area contributed by atoms with Crippen LogP contribution in [0.15, 0.2) is 18.2 Å². The lowest BCUT2D eigenvalue weighted by Crippen LogP contribution is -2.32. The van der Waals surface area contributed by atoms with Crippen molar-refractivity contribution < 1.29 is 9.53 Å². The number of carbonyl (C=O) groups excluding carboxylic acids is 1. The zero-order valence-corrected chi connectivity index (χ0v) is 10.4. The molecule has 2 aromatic rings. The number of carbonyl (C=O) groups is 1. The van der Waals surface area contributed by atoms with Crippen LogP contribution in [0.1, 0.15) is 6.92 Å². The molecular formula is C11H13N3O2S. The summed E-state index contributed by atoms with van der Waals surface area (Å²) in [6, 6.07) is 5.05. The van der Waals surface area contributed by atoms with Crippen molar-refractivity contribution in [1.82, 2.24) is 4.98 Å². The number of ether oxygens (including phenoxy) is 1. The molecule has 0 saturated heterocycles. The van der Waals surface area contributed by atoms with Gasteiger partial charge in [0.1, 0.15) is 5.75 Å². The van der Waals surface area contributed by atoms with Gasteiger partial charge in [-0.2, -0.15) is 0 Å². The lowest BCUT2D eigenvalue weighted by atomic mass is 10.3. The first-order valence-electron chi connectivity index (χ1n) is 5.11. The summed E-state index contributed by atoms with van der Waals surface area (Å²) >= 11 is 1.41. The average Bonchev–Trinajstić information content (AvgIpc) is 2.69. The number of aromatic nitrogens is 1. The van der Waals surface area contributed by atoms with Crippen LogP contribution >= 0.6 is 11.3 Å². The molecule has 2 rings (SSSR count). The Morgan fingerprint density at radius 3 is 3.00 bits per heavy atom. The van der Waals surface area contributed by atoms with E-state index >= 15 is 0 Å². The molecule has 0 saturated carbocycles. The molecule has 1 aromatic carbocycles. The second-order valence-electron chi connectivity index (χ2n) is 3.63. The molecule has 1 unspecified atom stereocenters. The maximum atomic E-state index is 11.4. The van der Waals surface area contributed by atoms with Crippen molar-refractivity contribution in [3.63, 3.8) is 0 Å². The average molecular weight is 251 g/mol. The molecule has 0 aliphatic carbocycles. The predicted octanol–water partition coefficient (Wildman–Crippen LogP) is 1.59. The molecule has 1 amide bonds. The molecular weight excluding hydrogens is 238 g/mol.